The van der Waals surface area contributed by atoms with E-state index in [0.29, 0.717) is 6.42 Å². The van der Waals surface area contributed by atoms with E-state index in [0.717, 1.165) is 16.6 Å². The molecule has 0 spiro atoms. The van der Waals surface area contributed by atoms with Crippen molar-refractivity contribution in [2.45, 2.75) is 12.8 Å². The van der Waals surface area contributed by atoms with Crippen molar-refractivity contribution in [2.75, 3.05) is 0 Å². The zero-order chi connectivity index (χ0) is 13.1. The third-order valence-corrected chi connectivity index (χ3v) is 3.29. The van der Waals surface area contributed by atoms with Gasteiger partial charge in [0.05, 0.1) is 12.0 Å². The Hall–Kier alpha value is -1.62. The maximum Gasteiger partial charge on any atom is 0.356 e. The highest BCUT2D eigenvalue weighted by Gasteiger charge is 2.15. The summed E-state index contributed by atoms with van der Waals surface area (Å²) >= 11 is 3.42. The number of halogens is 1. The minimum atomic E-state index is -0.972. The lowest BCUT2D eigenvalue weighted by Crippen LogP contribution is -2.06. The molecule has 0 aliphatic rings. The molecule has 0 aliphatic heterocycles. The number of benzene rings is 1. The first-order chi connectivity index (χ1) is 8.58. The fourth-order valence-corrected chi connectivity index (χ4v) is 2.33. The van der Waals surface area contributed by atoms with Crippen LogP contribution in [0, 0.1) is 0 Å². The first kappa shape index (κ1) is 12.8. The average molecular weight is 309 g/mol. The number of hydrogen-bond donors (Lipinski definition) is 1. The van der Waals surface area contributed by atoms with Crippen LogP contribution >= 0.6 is 15.9 Å². The lowest BCUT2D eigenvalue weighted by molar-refractivity contribution is 0.0689. The Balaban J connectivity index is 2.15. The molecule has 0 saturated heterocycles. The number of carboxylic acids is 1. The Kier molecular flexibility index (Phi) is 3.81. The largest absolute Gasteiger partial charge is 0.476 e. The summed E-state index contributed by atoms with van der Waals surface area (Å²) in [5.41, 5.74) is 2.07. The van der Waals surface area contributed by atoms with Crippen molar-refractivity contribution in [2.24, 2.45) is 7.05 Å². The van der Waals surface area contributed by atoms with Crippen LogP contribution in [0.4, 0.5) is 0 Å². The van der Waals surface area contributed by atoms with E-state index in [1.165, 1.54) is 5.56 Å². The zero-order valence-electron chi connectivity index (χ0n) is 9.93. The van der Waals surface area contributed by atoms with Gasteiger partial charge in [-0.3, -0.25) is 0 Å². The highest BCUT2D eigenvalue weighted by Crippen LogP contribution is 2.15. The molecule has 1 N–H and O–H groups in total. The van der Waals surface area contributed by atoms with E-state index in [1.54, 1.807) is 10.9 Å². The normalized spacial score (nSPS) is 10.6. The van der Waals surface area contributed by atoms with Crippen molar-refractivity contribution in [1.82, 2.24) is 9.55 Å². The van der Waals surface area contributed by atoms with Crippen LogP contribution < -0.4 is 0 Å². The summed E-state index contributed by atoms with van der Waals surface area (Å²) in [4.78, 5) is 14.9. The van der Waals surface area contributed by atoms with Crippen LogP contribution in [0.5, 0.6) is 0 Å². The molecule has 0 aliphatic carbocycles. The number of aryl methyl sites for hydroxylation is 2. The van der Waals surface area contributed by atoms with Crippen LogP contribution in [0.2, 0.25) is 0 Å². The zero-order valence-corrected chi connectivity index (χ0v) is 11.5. The van der Waals surface area contributed by atoms with Crippen LogP contribution in [-0.2, 0) is 19.9 Å². The van der Waals surface area contributed by atoms with E-state index >= 15 is 0 Å². The lowest BCUT2D eigenvalue weighted by Gasteiger charge is -2.05. The monoisotopic (exact) mass is 308 g/mol. The third-order valence-electron chi connectivity index (χ3n) is 2.80. The molecule has 5 heteroatoms. The van der Waals surface area contributed by atoms with Gasteiger partial charge in [-0.25, -0.2) is 9.78 Å². The highest BCUT2D eigenvalue weighted by molar-refractivity contribution is 9.10. The number of hydrogen-bond acceptors (Lipinski definition) is 2. The summed E-state index contributed by atoms with van der Waals surface area (Å²) in [5, 5.41) is 9.04. The van der Waals surface area contributed by atoms with Gasteiger partial charge in [-0.1, -0.05) is 28.1 Å². The van der Waals surface area contributed by atoms with Crippen molar-refractivity contribution in [1.29, 1.82) is 0 Å². The van der Waals surface area contributed by atoms with E-state index in [-0.39, 0.29) is 5.69 Å². The Morgan fingerprint density at radius 2 is 2.22 bits per heavy atom. The van der Waals surface area contributed by atoms with E-state index < -0.39 is 5.97 Å². The summed E-state index contributed by atoms with van der Waals surface area (Å²) in [6, 6.07) is 8.01. The molecule has 4 nitrogen and oxygen atoms in total. The summed E-state index contributed by atoms with van der Waals surface area (Å²) < 4.78 is 2.80. The molecule has 94 valence electrons. The van der Waals surface area contributed by atoms with Crippen LogP contribution in [0.3, 0.4) is 0 Å². The SMILES string of the molecule is Cn1cnc(C(=O)O)c1CCc1cccc(Br)c1. The summed E-state index contributed by atoms with van der Waals surface area (Å²) in [6.07, 6.45) is 2.99. The molecule has 0 bridgehead atoms. The number of aromatic nitrogens is 2. The van der Waals surface area contributed by atoms with Crippen LogP contribution in [0.15, 0.2) is 35.1 Å². The molecule has 0 amide bonds. The van der Waals surface area contributed by atoms with Gasteiger partial charge in [0.1, 0.15) is 0 Å². The average Bonchev–Trinajstić information content (AvgIpc) is 2.68. The smallest absolute Gasteiger partial charge is 0.356 e. The Morgan fingerprint density at radius 1 is 1.44 bits per heavy atom. The van der Waals surface area contributed by atoms with Crippen LogP contribution in [0.1, 0.15) is 21.7 Å². The third kappa shape index (κ3) is 2.79. The number of aromatic carboxylic acids is 1. The molecule has 0 saturated carbocycles. The predicted molar refractivity (Wildman–Crippen MR) is 71.7 cm³/mol. The maximum atomic E-state index is 11.0. The van der Waals surface area contributed by atoms with Gasteiger partial charge in [-0.15, -0.1) is 0 Å². The van der Waals surface area contributed by atoms with E-state index in [1.807, 2.05) is 31.3 Å². The molecule has 0 unspecified atom stereocenters. The first-order valence-electron chi connectivity index (χ1n) is 5.56. The first-order valence-corrected chi connectivity index (χ1v) is 6.35. The molecule has 1 aromatic carbocycles. The number of nitrogens with zero attached hydrogens (tertiary/aromatic N) is 2. The van der Waals surface area contributed by atoms with E-state index in [2.05, 4.69) is 20.9 Å². The quantitative estimate of drug-likeness (QED) is 0.944. The molecule has 1 aromatic heterocycles. The Labute approximate surface area is 113 Å². The topological polar surface area (TPSA) is 55.1 Å². The fraction of sp³-hybridized carbons (Fsp3) is 0.231. The predicted octanol–water partition coefficient (Wildman–Crippen LogP) is 2.67. The van der Waals surface area contributed by atoms with Gasteiger partial charge in [-0.05, 0) is 30.5 Å². The minimum Gasteiger partial charge on any atom is -0.476 e. The molecule has 2 rings (SSSR count). The maximum absolute atomic E-state index is 11.0. The van der Waals surface area contributed by atoms with Gasteiger partial charge in [-0.2, -0.15) is 0 Å². The lowest BCUT2D eigenvalue weighted by atomic mass is 10.1. The standard InChI is InChI=1S/C13H13BrN2O2/c1-16-8-15-12(13(17)18)11(16)6-5-9-3-2-4-10(14)7-9/h2-4,7-8H,5-6H2,1H3,(H,17,18). The van der Waals surface area contributed by atoms with Crippen molar-refractivity contribution in [3.05, 3.63) is 52.0 Å². The number of carbonyl (C=O) groups is 1. The number of carboxylic acid groups (broad SMARTS) is 1. The molecule has 0 atom stereocenters. The van der Waals surface area contributed by atoms with Gasteiger partial charge < -0.3 is 9.67 Å². The second kappa shape index (κ2) is 5.35. The molecular weight excluding hydrogens is 296 g/mol. The van der Waals surface area contributed by atoms with Gasteiger partial charge >= 0.3 is 5.97 Å². The number of imidazole rings is 1. The second-order valence-corrected chi connectivity index (χ2v) is 5.00. The molecule has 0 fully saturated rings. The number of rotatable bonds is 4. The summed E-state index contributed by atoms with van der Waals surface area (Å²) in [7, 11) is 1.82. The van der Waals surface area contributed by atoms with Crippen LogP contribution in [-0.4, -0.2) is 20.6 Å². The minimum absolute atomic E-state index is 0.146. The Morgan fingerprint density at radius 3 is 2.89 bits per heavy atom. The van der Waals surface area contributed by atoms with E-state index in [4.69, 9.17) is 5.11 Å². The molecule has 2 aromatic rings. The molecule has 18 heavy (non-hydrogen) atoms. The van der Waals surface area contributed by atoms with Crippen LogP contribution in [0.25, 0.3) is 0 Å². The summed E-state index contributed by atoms with van der Waals surface area (Å²) in [6.45, 7) is 0. The Bertz CT molecular complexity index is 578. The van der Waals surface area contributed by atoms with Crippen molar-refractivity contribution in [3.63, 3.8) is 0 Å². The fourth-order valence-electron chi connectivity index (χ4n) is 1.88. The van der Waals surface area contributed by atoms with E-state index in [9.17, 15) is 4.79 Å². The summed E-state index contributed by atoms with van der Waals surface area (Å²) in [5.74, 6) is -0.972. The molecule has 0 radical (unpaired) electrons. The van der Waals surface area contributed by atoms with Gasteiger partial charge in [0.15, 0.2) is 5.69 Å². The second-order valence-electron chi connectivity index (χ2n) is 4.09. The van der Waals surface area contributed by atoms with Crippen molar-refractivity contribution in [3.8, 4) is 0 Å². The van der Waals surface area contributed by atoms with Crippen molar-refractivity contribution >= 4 is 21.9 Å². The molecule has 1 heterocycles. The van der Waals surface area contributed by atoms with Crippen molar-refractivity contribution < 1.29 is 9.90 Å². The van der Waals surface area contributed by atoms with Gasteiger partial charge in [0.2, 0.25) is 0 Å². The highest BCUT2D eigenvalue weighted by atomic mass is 79.9. The molecular formula is C13H13BrN2O2. The van der Waals surface area contributed by atoms with Gasteiger partial charge in [0.25, 0.3) is 0 Å². The van der Waals surface area contributed by atoms with Gasteiger partial charge in [0, 0.05) is 11.5 Å².